The van der Waals surface area contributed by atoms with Crippen molar-refractivity contribution < 1.29 is 9.90 Å². The molecule has 0 heterocycles. The van der Waals surface area contributed by atoms with E-state index in [1.807, 2.05) is 0 Å². The van der Waals surface area contributed by atoms with E-state index in [-0.39, 0.29) is 5.92 Å². The highest BCUT2D eigenvalue weighted by Gasteiger charge is 2.22. The minimum Gasteiger partial charge on any atom is -0.481 e. The second-order valence-electron chi connectivity index (χ2n) is 6.51. The van der Waals surface area contributed by atoms with Crippen LogP contribution in [-0.2, 0) is 4.79 Å². The molecule has 120 valence electrons. The van der Waals surface area contributed by atoms with Crippen molar-refractivity contribution in [1.29, 1.82) is 0 Å². The fraction of sp³-hybridized carbons (Fsp3) is 0.944. The fourth-order valence-electron chi connectivity index (χ4n) is 2.91. The van der Waals surface area contributed by atoms with Crippen molar-refractivity contribution in [3.63, 3.8) is 0 Å². The molecule has 0 aromatic heterocycles. The fourth-order valence-corrected chi connectivity index (χ4v) is 2.91. The topological polar surface area (TPSA) is 37.3 Å². The molecule has 0 saturated heterocycles. The second kappa shape index (κ2) is 12.2. The molecule has 1 N–H and O–H groups in total. The first-order valence-corrected chi connectivity index (χ1v) is 8.77. The molecule has 0 bridgehead atoms. The highest BCUT2D eigenvalue weighted by molar-refractivity contribution is 5.69. The van der Waals surface area contributed by atoms with Crippen molar-refractivity contribution in [3.8, 4) is 0 Å². The van der Waals surface area contributed by atoms with E-state index in [0.717, 1.165) is 25.7 Å². The average Bonchev–Trinajstić information content (AvgIpc) is 2.42. The molecule has 2 heteroatoms. The highest BCUT2D eigenvalue weighted by Crippen LogP contribution is 2.27. The Morgan fingerprint density at radius 2 is 1.65 bits per heavy atom. The number of carboxylic acid groups (broad SMARTS) is 1. The molecule has 3 atom stereocenters. The summed E-state index contributed by atoms with van der Waals surface area (Å²) in [5, 5.41) is 9.45. The Kier molecular flexibility index (Phi) is 11.9. The summed E-state index contributed by atoms with van der Waals surface area (Å²) < 4.78 is 0. The largest absolute Gasteiger partial charge is 0.481 e. The first kappa shape index (κ1) is 19.5. The zero-order valence-corrected chi connectivity index (χ0v) is 14.2. The molecule has 0 radical (unpaired) electrons. The number of rotatable bonds is 13. The predicted molar refractivity (Wildman–Crippen MR) is 87.0 cm³/mol. The molecule has 3 unspecified atom stereocenters. The Bertz CT molecular complexity index is 238. The van der Waals surface area contributed by atoms with Gasteiger partial charge in [0.1, 0.15) is 0 Å². The molecule has 0 aliphatic carbocycles. The first-order valence-electron chi connectivity index (χ1n) is 8.77. The van der Waals surface area contributed by atoms with Crippen molar-refractivity contribution >= 4 is 5.97 Å². The van der Waals surface area contributed by atoms with Crippen molar-refractivity contribution in [3.05, 3.63) is 0 Å². The summed E-state index contributed by atoms with van der Waals surface area (Å²) in [6, 6.07) is 0. The van der Waals surface area contributed by atoms with Crippen LogP contribution in [0.15, 0.2) is 0 Å². The third-order valence-corrected chi connectivity index (χ3v) is 4.58. The van der Waals surface area contributed by atoms with E-state index in [1.165, 1.54) is 38.5 Å². The molecule has 20 heavy (non-hydrogen) atoms. The lowest BCUT2D eigenvalue weighted by Crippen LogP contribution is -2.19. The molecule has 0 saturated carbocycles. The minimum atomic E-state index is -0.579. The summed E-state index contributed by atoms with van der Waals surface area (Å²) in [5.41, 5.74) is 0. The molecule has 0 amide bonds. The van der Waals surface area contributed by atoms with Crippen LogP contribution in [0.4, 0.5) is 0 Å². The number of carbonyl (C=O) groups is 1. The van der Waals surface area contributed by atoms with E-state index in [4.69, 9.17) is 0 Å². The lowest BCUT2D eigenvalue weighted by molar-refractivity contribution is -0.142. The Morgan fingerprint density at radius 1 is 0.950 bits per heavy atom. The molecule has 0 aliphatic rings. The summed E-state index contributed by atoms with van der Waals surface area (Å²) >= 11 is 0. The van der Waals surface area contributed by atoms with Gasteiger partial charge in [0.05, 0.1) is 5.92 Å². The van der Waals surface area contributed by atoms with Gasteiger partial charge in [-0.25, -0.2) is 0 Å². The van der Waals surface area contributed by atoms with E-state index in [2.05, 4.69) is 27.7 Å². The molecule has 0 spiro atoms. The first-order chi connectivity index (χ1) is 9.54. The highest BCUT2D eigenvalue weighted by atomic mass is 16.4. The van der Waals surface area contributed by atoms with Gasteiger partial charge >= 0.3 is 5.97 Å². The van der Waals surface area contributed by atoms with E-state index < -0.39 is 5.97 Å². The van der Waals surface area contributed by atoms with Gasteiger partial charge in [-0.15, -0.1) is 0 Å². The average molecular weight is 284 g/mol. The number of hydrogen-bond donors (Lipinski definition) is 1. The molecular formula is C18H36O2. The van der Waals surface area contributed by atoms with Crippen molar-refractivity contribution in [2.75, 3.05) is 0 Å². The Balaban J connectivity index is 4.29. The Hall–Kier alpha value is -0.530. The van der Waals surface area contributed by atoms with E-state index in [0.29, 0.717) is 11.8 Å². The van der Waals surface area contributed by atoms with Gasteiger partial charge in [-0.3, -0.25) is 4.79 Å². The second-order valence-corrected chi connectivity index (χ2v) is 6.51. The van der Waals surface area contributed by atoms with Crippen LogP contribution < -0.4 is 0 Å². The quantitative estimate of drug-likeness (QED) is 0.427. The summed E-state index contributed by atoms with van der Waals surface area (Å²) in [7, 11) is 0. The van der Waals surface area contributed by atoms with E-state index >= 15 is 0 Å². The van der Waals surface area contributed by atoms with Crippen LogP contribution in [0.3, 0.4) is 0 Å². The molecule has 0 aromatic carbocycles. The van der Waals surface area contributed by atoms with Crippen molar-refractivity contribution in [2.24, 2.45) is 17.8 Å². The third-order valence-electron chi connectivity index (χ3n) is 4.58. The third kappa shape index (κ3) is 9.39. The van der Waals surface area contributed by atoms with Gasteiger partial charge in [-0.1, -0.05) is 72.6 Å². The summed E-state index contributed by atoms with van der Waals surface area (Å²) in [6.45, 7) is 8.84. The smallest absolute Gasteiger partial charge is 0.306 e. The van der Waals surface area contributed by atoms with Crippen LogP contribution in [0.2, 0.25) is 0 Å². The summed E-state index contributed by atoms with van der Waals surface area (Å²) in [4.78, 5) is 11.5. The SMILES string of the molecule is CCCCCC(CCC)CC(CCC(C)CC)C(=O)O. The van der Waals surface area contributed by atoms with Crippen LogP contribution in [0.5, 0.6) is 0 Å². The molecule has 0 rings (SSSR count). The van der Waals surface area contributed by atoms with Gasteiger partial charge in [0, 0.05) is 0 Å². The van der Waals surface area contributed by atoms with Gasteiger partial charge in [-0.2, -0.15) is 0 Å². The van der Waals surface area contributed by atoms with Gasteiger partial charge in [-0.05, 0) is 31.1 Å². The number of aliphatic carboxylic acids is 1. The maximum Gasteiger partial charge on any atom is 0.306 e. The van der Waals surface area contributed by atoms with Crippen LogP contribution >= 0.6 is 0 Å². The van der Waals surface area contributed by atoms with Crippen LogP contribution in [-0.4, -0.2) is 11.1 Å². The van der Waals surface area contributed by atoms with Gasteiger partial charge in [0.15, 0.2) is 0 Å². The van der Waals surface area contributed by atoms with Crippen LogP contribution in [0, 0.1) is 17.8 Å². The maximum absolute atomic E-state index is 11.5. The molecule has 0 aliphatic heterocycles. The predicted octanol–water partition coefficient (Wildman–Crippen LogP) is 5.90. The van der Waals surface area contributed by atoms with Gasteiger partial charge in [0.25, 0.3) is 0 Å². The van der Waals surface area contributed by atoms with E-state index in [9.17, 15) is 9.90 Å². The number of hydrogen-bond acceptors (Lipinski definition) is 1. The Morgan fingerprint density at radius 3 is 2.15 bits per heavy atom. The summed E-state index contributed by atoms with van der Waals surface area (Å²) in [5.74, 6) is 0.568. The zero-order chi connectivity index (χ0) is 15.4. The molecule has 2 nitrogen and oxygen atoms in total. The van der Waals surface area contributed by atoms with Gasteiger partial charge < -0.3 is 5.11 Å². The van der Waals surface area contributed by atoms with Crippen LogP contribution in [0.1, 0.15) is 91.9 Å². The van der Waals surface area contributed by atoms with Crippen LogP contribution in [0.25, 0.3) is 0 Å². The van der Waals surface area contributed by atoms with Crippen molar-refractivity contribution in [1.82, 2.24) is 0 Å². The lowest BCUT2D eigenvalue weighted by atomic mass is 9.84. The molecular weight excluding hydrogens is 248 g/mol. The Labute approximate surface area is 126 Å². The number of unbranched alkanes of at least 4 members (excludes halogenated alkanes) is 2. The monoisotopic (exact) mass is 284 g/mol. The summed E-state index contributed by atoms with van der Waals surface area (Å²) in [6.07, 6.45) is 11.3. The van der Waals surface area contributed by atoms with Gasteiger partial charge in [0.2, 0.25) is 0 Å². The number of carboxylic acids is 1. The maximum atomic E-state index is 11.5. The lowest BCUT2D eigenvalue weighted by Gasteiger charge is -2.21. The standard InChI is InChI=1S/C18H36O2/c1-5-8-9-11-16(10-6-2)14-17(18(19)20)13-12-15(4)7-3/h15-17H,5-14H2,1-4H3,(H,19,20). The normalized spacial score (nSPS) is 15.8. The molecule has 0 aromatic rings. The van der Waals surface area contributed by atoms with Crippen molar-refractivity contribution in [2.45, 2.75) is 91.9 Å². The minimum absolute atomic E-state index is 0.123. The van der Waals surface area contributed by atoms with E-state index in [1.54, 1.807) is 0 Å². The molecule has 0 fully saturated rings. The zero-order valence-electron chi connectivity index (χ0n) is 14.2.